The normalized spacial score (nSPS) is 11.2. The summed E-state index contributed by atoms with van der Waals surface area (Å²) in [5.41, 5.74) is 5.09. The molecular formula is C20H16N2O. The van der Waals surface area contributed by atoms with Crippen LogP contribution in [-0.2, 0) is 0 Å². The molecule has 0 spiro atoms. The first-order chi connectivity index (χ1) is 11.1. The van der Waals surface area contributed by atoms with E-state index in [0.29, 0.717) is 0 Å². The highest BCUT2D eigenvalue weighted by molar-refractivity contribution is 6.12. The van der Waals surface area contributed by atoms with Gasteiger partial charge in [-0.1, -0.05) is 48.0 Å². The van der Waals surface area contributed by atoms with E-state index in [-0.39, 0.29) is 5.75 Å². The molecular weight excluding hydrogens is 284 g/mol. The topological polar surface area (TPSA) is 46.0 Å². The molecule has 0 radical (unpaired) electrons. The number of para-hydroxylation sites is 2. The van der Waals surface area contributed by atoms with Gasteiger partial charge in [0.25, 0.3) is 0 Å². The Kier molecular flexibility index (Phi) is 3.01. The van der Waals surface area contributed by atoms with Gasteiger partial charge in [-0.25, -0.2) is 9.97 Å². The van der Waals surface area contributed by atoms with Crippen molar-refractivity contribution in [3.05, 3.63) is 59.7 Å². The maximum absolute atomic E-state index is 10.8. The third-order valence-corrected chi connectivity index (χ3v) is 3.95. The van der Waals surface area contributed by atoms with Crippen molar-refractivity contribution in [2.75, 3.05) is 0 Å². The molecule has 3 nitrogen and oxygen atoms in total. The van der Waals surface area contributed by atoms with Crippen LogP contribution in [0.1, 0.15) is 19.4 Å². The molecule has 1 N–H and O–H groups in total. The molecule has 0 fully saturated rings. The zero-order valence-corrected chi connectivity index (χ0v) is 13.0. The quantitative estimate of drug-likeness (QED) is 0.394. The molecule has 0 aliphatic heterocycles. The third kappa shape index (κ3) is 2.13. The lowest BCUT2D eigenvalue weighted by atomic mass is 10.0. The van der Waals surface area contributed by atoms with Gasteiger partial charge in [-0.15, -0.1) is 0 Å². The average molecular weight is 300 g/mol. The smallest absolute Gasteiger partial charge is 0.132 e. The predicted molar refractivity (Wildman–Crippen MR) is 95.5 cm³/mol. The minimum absolute atomic E-state index is 0.263. The number of benzene rings is 3. The molecule has 0 bridgehead atoms. The summed E-state index contributed by atoms with van der Waals surface area (Å²) in [6.07, 6.45) is 1.97. The van der Waals surface area contributed by atoms with Crippen LogP contribution in [0.5, 0.6) is 5.75 Å². The van der Waals surface area contributed by atoms with Crippen molar-refractivity contribution < 1.29 is 5.11 Å². The van der Waals surface area contributed by atoms with E-state index >= 15 is 0 Å². The van der Waals surface area contributed by atoms with Crippen molar-refractivity contribution in [1.29, 1.82) is 0 Å². The minimum atomic E-state index is 0.263. The Morgan fingerprint density at radius 1 is 0.826 bits per heavy atom. The van der Waals surface area contributed by atoms with E-state index in [1.54, 1.807) is 0 Å². The number of nitrogens with zero attached hydrogens (tertiary/aromatic N) is 2. The lowest BCUT2D eigenvalue weighted by Crippen LogP contribution is -1.93. The van der Waals surface area contributed by atoms with E-state index in [4.69, 9.17) is 9.97 Å². The van der Waals surface area contributed by atoms with Crippen LogP contribution in [0, 0.1) is 0 Å². The van der Waals surface area contributed by atoms with Gasteiger partial charge in [-0.2, -0.15) is 0 Å². The summed E-state index contributed by atoms with van der Waals surface area (Å²) in [7, 11) is 0. The number of phenolic OH excluding ortho intramolecular Hbond substituents is 1. The summed E-state index contributed by atoms with van der Waals surface area (Å²) in [5, 5.41) is 12.5. The largest absolute Gasteiger partial charge is 0.507 e. The molecule has 1 aromatic heterocycles. The van der Waals surface area contributed by atoms with E-state index in [9.17, 15) is 5.11 Å². The number of aromatic nitrogens is 2. The van der Waals surface area contributed by atoms with Gasteiger partial charge in [-0.05, 0) is 26.0 Å². The second kappa shape index (κ2) is 5.06. The van der Waals surface area contributed by atoms with Crippen molar-refractivity contribution in [3.63, 3.8) is 0 Å². The molecule has 3 heteroatoms. The molecule has 0 saturated carbocycles. The van der Waals surface area contributed by atoms with E-state index in [1.807, 2.05) is 68.5 Å². The van der Waals surface area contributed by atoms with E-state index in [1.165, 1.54) is 0 Å². The third-order valence-electron chi connectivity index (χ3n) is 3.95. The Labute approximate surface area is 133 Å². The lowest BCUT2D eigenvalue weighted by Gasteiger charge is -2.11. The highest BCUT2D eigenvalue weighted by atomic mass is 16.3. The van der Waals surface area contributed by atoms with Crippen LogP contribution in [0.15, 0.2) is 54.1 Å². The fraction of sp³-hybridized carbons (Fsp3) is 0.100. The van der Waals surface area contributed by atoms with Gasteiger partial charge in [0.2, 0.25) is 0 Å². The molecule has 112 valence electrons. The maximum atomic E-state index is 10.8. The first-order valence-electron chi connectivity index (χ1n) is 7.60. The Morgan fingerprint density at radius 3 is 2.04 bits per heavy atom. The number of hydrogen-bond donors (Lipinski definition) is 1. The van der Waals surface area contributed by atoms with Crippen LogP contribution in [0.4, 0.5) is 0 Å². The number of phenols is 1. The van der Waals surface area contributed by atoms with Crippen LogP contribution in [0.25, 0.3) is 38.9 Å². The average Bonchev–Trinajstić information content (AvgIpc) is 2.57. The highest BCUT2D eigenvalue weighted by Crippen LogP contribution is 2.37. The van der Waals surface area contributed by atoms with Crippen LogP contribution < -0.4 is 0 Å². The van der Waals surface area contributed by atoms with Gasteiger partial charge < -0.3 is 5.11 Å². The summed E-state index contributed by atoms with van der Waals surface area (Å²) in [6, 6.07) is 15.6. The SMILES string of the molecule is CC(C)=Cc1c(O)c2ccccc2c2nc3ccccc3nc12. The lowest BCUT2D eigenvalue weighted by molar-refractivity contribution is 0.481. The first kappa shape index (κ1) is 13.7. The van der Waals surface area contributed by atoms with Crippen molar-refractivity contribution in [2.24, 2.45) is 0 Å². The molecule has 0 unspecified atom stereocenters. The van der Waals surface area contributed by atoms with Crippen molar-refractivity contribution in [3.8, 4) is 5.75 Å². The van der Waals surface area contributed by atoms with Gasteiger partial charge in [0.05, 0.1) is 16.6 Å². The standard InChI is InChI=1S/C20H16N2O/c1-12(2)11-15-19-18(13-7-3-4-8-14(13)20(15)23)21-16-9-5-6-10-17(16)22-19/h3-11,23H,1-2H3. The van der Waals surface area contributed by atoms with Gasteiger partial charge in [0.1, 0.15) is 11.3 Å². The van der Waals surface area contributed by atoms with Crippen LogP contribution in [0.3, 0.4) is 0 Å². The first-order valence-corrected chi connectivity index (χ1v) is 7.60. The highest BCUT2D eigenvalue weighted by Gasteiger charge is 2.15. The van der Waals surface area contributed by atoms with Crippen LogP contribution in [-0.4, -0.2) is 15.1 Å². The van der Waals surface area contributed by atoms with Crippen molar-refractivity contribution in [2.45, 2.75) is 13.8 Å². The number of hydrogen-bond acceptors (Lipinski definition) is 3. The zero-order valence-electron chi connectivity index (χ0n) is 13.0. The Hall–Kier alpha value is -2.94. The molecule has 0 atom stereocenters. The molecule has 0 saturated heterocycles. The molecule has 3 aromatic carbocycles. The fourth-order valence-electron chi connectivity index (χ4n) is 2.95. The second-order valence-corrected chi connectivity index (χ2v) is 5.94. The monoisotopic (exact) mass is 300 g/mol. The summed E-state index contributed by atoms with van der Waals surface area (Å²) in [4.78, 5) is 9.59. The van der Waals surface area contributed by atoms with E-state index < -0.39 is 0 Å². The molecule has 1 heterocycles. The maximum Gasteiger partial charge on any atom is 0.132 e. The summed E-state index contributed by atoms with van der Waals surface area (Å²) in [6.45, 7) is 4.02. The number of allylic oxidation sites excluding steroid dienone is 1. The van der Waals surface area contributed by atoms with Crippen molar-refractivity contribution in [1.82, 2.24) is 9.97 Å². The summed E-state index contributed by atoms with van der Waals surface area (Å²) >= 11 is 0. The Bertz CT molecular complexity index is 1090. The number of rotatable bonds is 1. The number of fused-ring (bicyclic) bond motifs is 4. The van der Waals surface area contributed by atoms with Gasteiger partial charge >= 0.3 is 0 Å². The molecule has 0 amide bonds. The fourth-order valence-corrected chi connectivity index (χ4v) is 2.95. The van der Waals surface area contributed by atoms with Crippen molar-refractivity contribution >= 4 is 38.9 Å². The van der Waals surface area contributed by atoms with Crippen LogP contribution in [0.2, 0.25) is 0 Å². The molecule has 0 aliphatic carbocycles. The van der Waals surface area contributed by atoms with Gasteiger partial charge in [-0.3, -0.25) is 0 Å². The summed E-state index contributed by atoms with van der Waals surface area (Å²) < 4.78 is 0. The predicted octanol–water partition coefficient (Wildman–Crippen LogP) is 5.07. The molecule has 23 heavy (non-hydrogen) atoms. The van der Waals surface area contributed by atoms with Gasteiger partial charge in [0, 0.05) is 16.3 Å². The Morgan fingerprint density at radius 2 is 1.39 bits per heavy atom. The molecule has 4 rings (SSSR count). The van der Waals surface area contributed by atoms with Gasteiger partial charge in [0.15, 0.2) is 0 Å². The van der Waals surface area contributed by atoms with E-state index in [0.717, 1.165) is 44.0 Å². The second-order valence-electron chi connectivity index (χ2n) is 5.94. The number of aromatic hydroxyl groups is 1. The molecule has 0 aliphatic rings. The summed E-state index contributed by atoms with van der Waals surface area (Å²) in [5.74, 6) is 0.263. The zero-order chi connectivity index (χ0) is 16.0. The molecule has 4 aromatic rings. The minimum Gasteiger partial charge on any atom is -0.507 e. The van der Waals surface area contributed by atoms with Crippen LogP contribution >= 0.6 is 0 Å². The Balaban J connectivity index is 2.30. The van der Waals surface area contributed by atoms with E-state index in [2.05, 4.69) is 0 Å².